The first kappa shape index (κ1) is 13.9. The average molecular weight is 290 g/mol. The Hall–Kier alpha value is -2.08. The molecular formula is C15H18N2O4. The summed E-state index contributed by atoms with van der Waals surface area (Å²) in [6.45, 7) is 2.59. The Balaban J connectivity index is 1.85. The predicted molar refractivity (Wildman–Crippen MR) is 76.6 cm³/mol. The minimum Gasteiger partial charge on any atom is -0.481 e. The number of carboxylic acids is 1. The molecule has 1 saturated heterocycles. The number of rotatable bonds is 1. The van der Waals surface area contributed by atoms with Crippen molar-refractivity contribution >= 4 is 17.7 Å². The number of anilines is 1. The maximum Gasteiger partial charge on any atom is 0.324 e. The van der Waals surface area contributed by atoms with Crippen molar-refractivity contribution in [3.8, 4) is 0 Å². The summed E-state index contributed by atoms with van der Waals surface area (Å²) in [6.07, 6.45) is 0.809. The Kier molecular flexibility index (Phi) is 3.79. The zero-order chi connectivity index (χ0) is 14.8. The fourth-order valence-corrected chi connectivity index (χ4v) is 2.91. The minimum absolute atomic E-state index is 0.128. The van der Waals surface area contributed by atoms with E-state index in [0.717, 1.165) is 6.42 Å². The standard InChI is InChI=1S/C15H18N2O4/c18-14(19)12-10-17(13-5-2-1-4-11(12)13)15(20)16-6-3-8-21-9-7-16/h1-2,4-5,12H,3,6-10H2,(H,18,19). The Bertz CT molecular complexity index is 552. The Morgan fingerprint density at radius 3 is 2.81 bits per heavy atom. The van der Waals surface area contributed by atoms with Gasteiger partial charge in [0.1, 0.15) is 5.92 Å². The SMILES string of the molecule is O=C(O)C1CN(C(=O)N2CCCOCC2)c2ccccc21. The van der Waals surface area contributed by atoms with Crippen LogP contribution in [0.4, 0.5) is 10.5 Å². The third-order valence-electron chi connectivity index (χ3n) is 3.99. The van der Waals surface area contributed by atoms with Gasteiger partial charge in [0.05, 0.1) is 6.61 Å². The maximum atomic E-state index is 12.7. The van der Waals surface area contributed by atoms with Crippen LogP contribution in [0.25, 0.3) is 0 Å². The highest BCUT2D eigenvalue weighted by Crippen LogP contribution is 2.36. The number of carbonyl (C=O) groups is 2. The molecule has 1 aromatic carbocycles. The summed E-state index contributed by atoms with van der Waals surface area (Å²) in [5.74, 6) is -1.54. The second kappa shape index (κ2) is 5.73. The highest BCUT2D eigenvalue weighted by Gasteiger charge is 2.37. The zero-order valence-corrected chi connectivity index (χ0v) is 11.7. The number of aliphatic carboxylic acids is 1. The van der Waals surface area contributed by atoms with Crippen LogP contribution in [0, 0.1) is 0 Å². The van der Waals surface area contributed by atoms with Crippen LogP contribution in [0.5, 0.6) is 0 Å². The number of urea groups is 1. The van der Waals surface area contributed by atoms with Gasteiger partial charge in [0.2, 0.25) is 0 Å². The van der Waals surface area contributed by atoms with Crippen molar-refractivity contribution < 1.29 is 19.4 Å². The van der Waals surface area contributed by atoms with E-state index in [4.69, 9.17) is 4.74 Å². The minimum atomic E-state index is -0.892. The molecule has 0 radical (unpaired) electrons. The van der Waals surface area contributed by atoms with Crippen LogP contribution < -0.4 is 4.90 Å². The molecule has 21 heavy (non-hydrogen) atoms. The second-order valence-corrected chi connectivity index (χ2v) is 5.30. The Morgan fingerprint density at radius 1 is 1.19 bits per heavy atom. The summed E-state index contributed by atoms with van der Waals surface area (Å²) in [5.41, 5.74) is 1.42. The van der Waals surface area contributed by atoms with Crippen LogP contribution in [0.2, 0.25) is 0 Å². The summed E-state index contributed by atoms with van der Waals surface area (Å²) >= 11 is 0. The average Bonchev–Trinajstić information content (AvgIpc) is 2.67. The first-order chi connectivity index (χ1) is 10.2. The molecule has 6 heteroatoms. The summed E-state index contributed by atoms with van der Waals surface area (Å²) in [7, 11) is 0. The molecule has 1 atom stereocenters. The van der Waals surface area contributed by atoms with E-state index in [0.29, 0.717) is 37.6 Å². The van der Waals surface area contributed by atoms with Crippen LogP contribution in [0.3, 0.4) is 0 Å². The molecule has 1 unspecified atom stereocenters. The van der Waals surface area contributed by atoms with Crippen molar-refractivity contribution in [3.05, 3.63) is 29.8 Å². The molecule has 1 N–H and O–H groups in total. The van der Waals surface area contributed by atoms with Gasteiger partial charge in [-0.2, -0.15) is 0 Å². The van der Waals surface area contributed by atoms with E-state index in [1.807, 2.05) is 18.2 Å². The van der Waals surface area contributed by atoms with Gasteiger partial charge in [-0.3, -0.25) is 9.69 Å². The van der Waals surface area contributed by atoms with Crippen molar-refractivity contribution in [1.29, 1.82) is 0 Å². The number of hydrogen-bond acceptors (Lipinski definition) is 3. The highest BCUT2D eigenvalue weighted by atomic mass is 16.5. The normalized spacial score (nSPS) is 21.8. The number of hydrogen-bond donors (Lipinski definition) is 1. The topological polar surface area (TPSA) is 70.1 Å². The molecule has 0 saturated carbocycles. The molecule has 2 aliphatic rings. The van der Waals surface area contributed by atoms with E-state index in [2.05, 4.69) is 0 Å². The molecule has 1 aromatic rings. The maximum absolute atomic E-state index is 12.7. The van der Waals surface area contributed by atoms with Crippen molar-refractivity contribution in [2.75, 3.05) is 37.7 Å². The second-order valence-electron chi connectivity index (χ2n) is 5.30. The lowest BCUT2D eigenvalue weighted by Gasteiger charge is -2.27. The quantitative estimate of drug-likeness (QED) is 0.851. The summed E-state index contributed by atoms with van der Waals surface area (Å²) < 4.78 is 5.36. The van der Waals surface area contributed by atoms with Crippen LogP contribution in [0.1, 0.15) is 17.9 Å². The molecule has 0 aromatic heterocycles. The van der Waals surface area contributed by atoms with Crippen molar-refractivity contribution in [1.82, 2.24) is 4.90 Å². The van der Waals surface area contributed by atoms with Gasteiger partial charge in [0.25, 0.3) is 0 Å². The number of carboxylic acid groups (broad SMARTS) is 1. The number of amides is 2. The smallest absolute Gasteiger partial charge is 0.324 e. The molecule has 0 aliphatic carbocycles. The van der Waals surface area contributed by atoms with Gasteiger partial charge >= 0.3 is 12.0 Å². The van der Waals surface area contributed by atoms with Crippen molar-refractivity contribution in [2.45, 2.75) is 12.3 Å². The van der Waals surface area contributed by atoms with Gasteiger partial charge in [-0.1, -0.05) is 18.2 Å². The lowest BCUT2D eigenvalue weighted by molar-refractivity contribution is -0.138. The molecular weight excluding hydrogens is 272 g/mol. The number of benzene rings is 1. The molecule has 2 amide bonds. The van der Waals surface area contributed by atoms with Crippen LogP contribution in [-0.4, -0.2) is 54.9 Å². The van der Waals surface area contributed by atoms with Crippen molar-refractivity contribution in [2.24, 2.45) is 0 Å². The number of para-hydroxylation sites is 1. The van der Waals surface area contributed by atoms with Gasteiger partial charge in [0.15, 0.2) is 0 Å². The molecule has 112 valence electrons. The molecule has 0 bridgehead atoms. The fourth-order valence-electron chi connectivity index (χ4n) is 2.91. The Morgan fingerprint density at radius 2 is 2.00 bits per heavy atom. The lowest BCUT2D eigenvalue weighted by Crippen LogP contribution is -2.44. The Labute approximate surface area is 122 Å². The third-order valence-corrected chi connectivity index (χ3v) is 3.99. The number of ether oxygens (including phenoxy) is 1. The van der Waals surface area contributed by atoms with Gasteiger partial charge in [-0.15, -0.1) is 0 Å². The summed E-state index contributed by atoms with van der Waals surface area (Å²) in [5, 5.41) is 9.34. The molecule has 3 rings (SSSR count). The van der Waals surface area contributed by atoms with Gasteiger partial charge in [0, 0.05) is 31.9 Å². The molecule has 6 nitrogen and oxygen atoms in total. The van der Waals surface area contributed by atoms with Crippen LogP contribution in [0.15, 0.2) is 24.3 Å². The van der Waals surface area contributed by atoms with Gasteiger partial charge in [-0.05, 0) is 18.1 Å². The van der Waals surface area contributed by atoms with Gasteiger partial charge < -0.3 is 14.7 Å². The van der Waals surface area contributed by atoms with E-state index in [1.165, 1.54) is 0 Å². The number of fused-ring (bicyclic) bond motifs is 1. The van der Waals surface area contributed by atoms with Crippen LogP contribution in [-0.2, 0) is 9.53 Å². The highest BCUT2D eigenvalue weighted by molar-refractivity contribution is 5.98. The van der Waals surface area contributed by atoms with E-state index in [-0.39, 0.29) is 12.6 Å². The fraction of sp³-hybridized carbons (Fsp3) is 0.467. The van der Waals surface area contributed by atoms with Crippen molar-refractivity contribution in [3.63, 3.8) is 0 Å². The monoisotopic (exact) mass is 290 g/mol. The first-order valence-corrected chi connectivity index (χ1v) is 7.14. The van der Waals surface area contributed by atoms with E-state index in [1.54, 1.807) is 15.9 Å². The molecule has 2 heterocycles. The van der Waals surface area contributed by atoms with E-state index in [9.17, 15) is 14.7 Å². The summed E-state index contributed by atoms with van der Waals surface area (Å²) in [6, 6.07) is 7.10. The zero-order valence-electron chi connectivity index (χ0n) is 11.7. The van der Waals surface area contributed by atoms with E-state index >= 15 is 0 Å². The van der Waals surface area contributed by atoms with E-state index < -0.39 is 11.9 Å². The third kappa shape index (κ3) is 2.58. The predicted octanol–water partition coefficient (Wildman–Crippen LogP) is 1.52. The largest absolute Gasteiger partial charge is 0.481 e. The number of nitrogens with zero attached hydrogens (tertiary/aromatic N) is 2. The molecule has 0 spiro atoms. The number of carbonyl (C=O) groups excluding carboxylic acids is 1. The molecule has 1 fully saturated rings. The molecule has 2 aliphatic heterocycles. The van der Waals surface area contributed by atoms with Gasteiger partial charge in [-0.25, -0.2) is 4.79 Å². The lowest BCUT2D eigenvalue weighted by atomic mass is 10.0. The first-order valence-electron chi connectivity index (χ1n) is 7.14. The van der Waals surface area contributed by atoms with Crippen LogP contribution >= 0.6 is 0 Å². The summed E-state index contributed by atoms with van der Waals surface area (Å²) in [4.78, 5) is 27.4.